The molecule has 2 amide bonds. The van der Waals surface area contributed by atoms with Crippen molar-refractivity contribution in [3.05, 3.63) is 60.2 Å². The fourth-order valence-corrected chi connectivity index (χ4v) is 3.03. The summed E-state index contributed by atoms with van der Waals surface area (Å²) in [4.78, 5) is 27.6. The van der Waals surface area contributed by atoms with Crippen LogP contribution in [0, 0.1) is 0 Å². The second kappa shape index (κ2) is 11.9. The minimum Gasteiger partial charge on any atom is -0.497 e. The fraction of sp³-hybridized carbons (Fsp3) is 0.417. The molecule has 30 heavy (non-hydrogen) atoms. The number of benzene rings is 2. The van der Waals surface area contributed by atoms with E-state index in [9.17, 15) is 9.59 Å². The van der Waals surface area contributed by atoms with Crippen molar-refractivity contribution in [2.45, 2.75) is 52.2 Å². The van der Waals surface area contributed by atoms with Crippen LogP contribution in [0.15, 0.2) is 54.6 Å². The van der Waals surface area contributed by atoms with Crippen molar-refractivity contribution in [1.29, 1.82) is 0 Å². The topological polar surface area (TPSA) is 67.9 Å². The molecule has 0 heterocycles. The summed E-state index contributed by atoms with van der Waals surface area (Å²) in [6, 6.07) is 16.1. The molecule has 0 saturated carbocycles. The number of hydrogen-bond donors (Lipinski definition) is 1. The number of amides is 2. The molecular weight excluding hydrogens is 380 g/mol. The largest absolute Gasteiger partial charge is 0.497 e. The van der Waals surface area contributed by atoms with Gasteiger partial charge < -0.3 is 19.7 Å². The number of methoxy groups -OCH3 is 1. The van der Waals surface area contributed by atoms with Crippen LogP contribution in [0.5, 0.6) is 11.5 Å². The molecule has 6 heteroatoms. The quantitative estimate of drug-likeness (QED) is 0.610. The second-order valence-electron chi connectivity index (χ2n) is 7.21. The van der Waals surface area contributed by atoms with Crippen LogP contribution in [0.4, 0.5) is 0 Å². The van der Waals surface area contributed by atoms with Gasteiger partial charge in [0.25, 0.3) is 5.91 Å². The third-order valence-corrected chi connectivity index (χ3v) is 5.00. The Bertz CT molecular complexity index is 793. The number of hydrogen-bond acceptors (Lipinski definition) is 4. The molecule has 2 aromatic rings. The van der Waals surface area contributed by atoms with Crippen LogP contribution in [0.25, 0.3) is 0 Å². The van der Waals surface area contributed by atoms with Crippen LogP contribution >= 0.6 is 0 Å². The summed E-state index contributed by atoms with van der Waals surface area (Å²) in [6.45, 7) is 6.06. The Hall–Kier alpha value is -3.02. The summed E-state index contributed by atoms with van der Waals surface area (Å²) < 4.78 is 10.9. The minimum absolute atomic E-state index is 0.0463. The van der Waals surface area contributed by atoms with E-state index in [1.54, 1.807) is 24.1 Å². The van der Waals surface area contributed by atoms with Crippen molar-refractivity contribution in [3.8, 4) is 11.5 Å². The number of para-hydroxylation sites is 1. The molecule has 0 spiro atoms. The Balaban J connectivity index is 2.19. The van der Waals surface area contributed by atoms with Gasteiger partial charge in [0.15, 0.2) is 6.61 Å². The number of nitrogens with one attached hydrogen (secondary N) is 1. The number of carbonyl (C=O) groups is 2. The van der Waals surface area contributed by atoms with Crippen LogP contribution in [0.2, 0.25) is 0 Å². The van der Waals surface area contributed by atoms with Crippen LogP contribution in [0.3, 0.4) is 0 Å². The van der Waals surface area contributed by atoms with Gasteiger partial charge >= 0.3 is 0 Å². The Morgan fingerprint density at radius 1 is 0.967 bits per heavy atom. The maximum Gasteiger partial charge on any atom is 0.261 e. The molecule has 6 nitrogen and oxygen atoms in total. The van der Waals surface area contributed by atoms with E-state index in [1.807, 2.05) is 63.2 Å². The average molecular weight is 413 g/mol. The summed E-state index contributed by atoms with van der Waals surface area (Å²) in [5.41, 5.74) is 0.915. The van der Waals surface area contributed by atoms with Gasteiger partial charge in [0, 0.05) is 12.6 Å². The molecule has 2 atom stereocenters. The van der Waals surface area contributed by atoms with E-state index in [1.165, 1.54) is 0 Å². The Morgan fingerprint density at radius 3 is 2.20 bits per heavy atom. The Morgan fingerprint density at radius 2 is 1.63 bits per heavy atom. The third kappa shape index (κ3) is 6.79. The molecule has 0 fully saturated rings. The van der Waals surface area contributed by atoms with Crippen molar-refractivity contribution in [3.63, 3.8) is 0 Å². The van der Waals surface area contributed by atoms with Gasteiger partial charge in [-0.3, -0.25) is 9.59 Å². The van der Waals surface area contributed by atoms with Crippen molar-refractivity contribution < 1.29 is 19.1 Å². The third-order valence-electron chi connectivity index (χ3n) is 5.00. The number of ether oxygens (including phenoxy) is 2. The first-order chi connectivity index (χ1) is 14.5. The van der Waals surface area contributed by atoms with E-state index in [-0.39, 0.29) is 24.5 Å². The van der Waals surface area contributed by atoms with Crippen LogP contribution in [0.1, 0.15) is 39.2 Å². The monoisotopic (exact) mass is 412 g/mol. The van der Waals surface area contributed by atoms with Gasteiger partial charge in [0.1, 0.15) is 17.5 Å². The molecule has 0 aliphatic heterocycles. The molecule has 0 aliphatic carbocycles. The maximum absolute atomic E-state index is 13.1. The van der Waals surface area contributed by atoms with Gasteiger partial charge in [-0.05, 0) is 49.6 Å². The lowest BCUT2D eigenvalue weighted by atomic mass is 10.1. The molecule has 1 N–H and O–H groups in total. The molecule has 2 unspecified atom stereocenters. The summed E-state index contributed by atoms with van der Waals surface area (Å²) in [5, 5.41) is 3.00. The Kier molecular flexibility index (Phi) is 9.19. The zero-order valence-corrected chi connectivity index (χ0v) is 18.3. The van der Waals surface area contributed by atoms with E-state index in [0.29, 0.717) is 18.7 Å². The summed E-state index contributed by atoms with van der Waals surface area (Å²) in [6.07, 6.45) is 1.33. The van der Waals surface area contributed by atoms with E-state index >= 15 is 0 Å². The second-order valence-corrected chi connectivity index (χ2v) is 7.21. The first-order valence-corrected chi connectivity index (χ1v) is 10.4. The summed E-state index contributed by atoms with van der Waals surface area (Å²) >= 11 is 0. The smallest absolute Gasteiger partial charge is 0.261 e. The highest BCUT2D eigenvalue weighted by Gasteiger charge is 2.29. The van der Waals surface area contributed by atoms with E-state index in [2.05, 4.69) is 5.32 Å². The first-order valence-electron chi connectivity index (χ1n) is 10.4. The highest BCUT2D eigenvalue weighted by molar-refractivity contribution is 5.88. The predicted octanol–water partition coefficient (Wildman–Crippen LogP) is 3.80. The zero-order valence-electron chi connectivity index (χ0n) is 18.3. The lowest BCUT2D eigenvalue weighted by molar-refractivity contribution is -0.143. The minimum atomic E-state index is -0.576. The standard InChI is InChI=1S/C24H32N2O4/c1-5-18(3)25-24(28)22(6-2)26(16-19-12-14-20(29-4)15-13-19)23(27)17-30-21-10-8-7-9-11-21/h7-15,18,22H,5-6,16-17H2,1-4H3,(H,25,28). The SMILES string of the molecule is CCC(C)NC(=O)C(CC)N(Cc1ccc(OC)cc1)C(=O)COc1ccccc1. The predicted molar refractivity (Wildman–Crippen MR) is 117 cm³/mol. The van der Waals surface area contributed by atoms with Crippen molar-refractivity contribution in [2.24, 2.45) is 0 Å². The zero-order chi connectivity index (χ0) is 21.9. The van der Waals surface area contributed by atoms with Crippen LogP contribution < -0.4 is 14.8 Å². The number of rotatable bonds is 11. The molecule has 0 aromatic heterocycles. The van der Waals surface area contributed by atoms with E-state index in [4.69, 9.17) is 9.47 Å². The Labute approximate surface area is 179 Å². The molecule has 0 bridgehead atoms. The molecule has 2 aromatic carbocycles. The van der Waals surface area contributed by atoms with Crippen molar-refractivity contribution in [2.75, 3.05) is 13.7 Å². The lowest BCUT2D eigenvalue weighted by Gasteiger charge is -2.31. The van der Waals surface area contributed by atoms with Gasteiger partial charge in [-0.2, -0.15) is 0 Å². The van der Waals surface area contributed by atoms with E-state index in [0.717, 1.165) is 17.7 Å². The normalized spacial score (nSPS) is 12.5. The van der Waals surface area contributed by atoms with Crippen molar-refractivity contribution >= 4 is 11.8 Å². The van der Waals surface area contributed by atoms with Gasteiger partial charge in [-0.1, -0.05) is 44.2 Å². The molecule has 0 saturated heterocycles. The van der Waals surface area contributed by atoms with Crippen LogP contribution in [-0.2, 0) is 16.1 Å². The average Bonchev–Trinajstić information content (AvgIpc) is 2.78. The summed E-state index contributed by atoms with van der Waals surface area (Å²) in [7, 11) is 1.61. The molecule has 0 aliphatic rings. The van der Waals surface area contributed by atoms with Gasteiger partial charge in [-0.15, -0.1) is 0 Å². The van der Waals surface area contributed by atoms with E-state index < -0.39 is 6.04 Å². The highest BCUT2D eigenvalue weighted by Crippen LogP contribution is 2.17. The lowest BCUT2D eigenvalue weighted by Crippen LogP contribution is -2.51. The first kappa shape index (κ1) is 23.3. The number of nitrogens with zero attached hydrogens (tertiary/aromatic N) is 1. The number of carbonyl (C=O) groups excluding carboxylic acids is 2. The highest BCUT2D eigenvalue weighted by atomic mass is 16.5. The van der Waals surface area contributed by atoms with Crippen molar-refractivity contribution in [1.82, 2.24) is 10.2 Å². The van der Waals surface area contributed by atoms with Gasteiger partial charge in [0.05, 0.1) is 7.11 Å². The maximum atomic E-state index is 13.1. The molecule has 162 valence electrons. The van der Waals surface area contributed by atoms with Crippen LogP contribution in [-0.4, -0.2) is 42.5 Å². The molecule has 2 rings (SSSR count). The summed E-state index contributed by atoms with van der Waals surface area (Å²) in [5.74, 6) is 0.979. The molecule has 0 radical (unpaired) electrons. The fourth-order valence-electron chi connectivity index (χ4n) is 3.03. The van der Waals surface area contributed by atoms with Gasteiger partial charge in [-0.25, -0.2) is 0 Å². The van der Waals surface area contributed by atoms with Gasteiger partial charge in [0.2, 0.25) is 5.91 Å². The molecular formula is C24H32N2O4.